The van der Waals surface area contributed by atoms with Crippen LogP contribution >= 0.6 is 22.9 Å². The zero-order valence-electron chi connectivity index (χ0n) is 51.0. The molecule has 4 heterocycles. The van der Waals surface area contributed by atoms with E-state index in [0.717, 1.165) is 21.7 Å². The number of aromatic nitrogens is 3. The molecule has 0 saturated carbocycles. The highest BCUT2D eigenvalue weighted by Gasteiger charge is 2.45. The van der Waals surface area contributed by atoms with Crippen molar-refractivity contribution in [2.45, 2.75) is 91.6 Å². The predicted molar refractivity (Wildman–Crippen MR) is 332 cm³/mol. The normalized spacial score (nSPS) is 16.4. The molecule has 4 N–H and O–H groups in total. The number of aryl methyl sites for hydroxylation is 1. The topological polar surface area (TPSA) is 240 Å². The zero-order valence-corrected chi connectivity index (χ0v) is 52.6. The fraction of sp³-hybridized carbons (Fsp3) is 0.508. The van der Waals surface area contributed by atoms with Gasteiger partial charge in [0.1, 0.15) is 48.0 Å². The molecule has 0 bridgehead atoms. The van der Waals surface area contributed by atoms with Gasteiger partial charge in [0.25, 0.3) is 0 Å². The lowest BCUT2D eigenvalue weighted by atomic mass is 9.85. The minimum atomic E-state index is -0.998. The Balaban J connectivity index is 0.725. The fourth-order valence-corrected chi connectivity index (χ4v) is 11.4. The lowest BCUT2D eigenvalue weighted by Gasteiger charge is -2.36. The van der Waals surface area contributed by atoms with E-state index in [0.29, 0.717) is 93.2 Å². The SMILES string of the molecule is Cc1ncsc1-c1ccc([C@H](C)NC(=O)[C@@H]2C[C@@H](O)CN2C(=O)[C@@H](NC(=O)COCCOCCOCCOCCN(C)CCOc2nc(N3CCN(C(=O)OC(C)(C)C)CC3)c3cc(Cl)c(-c4cc(O)cc5ccccc45)c(F)c3n2)C(C)(C)C)cc1. The highest BCUT2D eigenvalue weighted by atomic mass is 35.5. The number of nitrogens with zero attached hydrogens (tertiary/aromatic N) is 7. The van der Waals surface area contributed by atoms with E-state index in [9.17, 15) is 29.4 Å². The van der Waals surface area contributed by atoms with E-state index in [1.807, 2.05) is 126 Å². The number of carbonyl (C=O) groups is 4. The number of anilines is 1. The number of carbonyl (C=O) groups excluding carboxylic acids is 4. The number of nitrogens with one attached hydrogen (secondary N) is 2. The van der Waals surface area contributed by atoms with Crippen LogP contribution in [0.2, 0.25) is 5.02 Å². The first-order chi connectivity index (χ1) is 41.4. The third kappa shape index (κ3) is 17.7. The number of likely N-dealkylation sites (N-methyl/N-ethyl adjacent to an activating group) is 1. The first kappa shape index (κ1) is 66.1. The van der Waals surface area contributed by atoms with E-state index in [1.54, 1.807) is 28.4 Å². The smallest absolute Gasteiger partial charge is 0.410 e. The van der Waals surface area contributed by atoms with Crippen LogP contribution in [-0.2, 0) is 38.1 Å². The standard InChI is InChI=1S/C63H81ClFN9O12S/c1-39(41-14-16-42(17-15-41)55-40(2)66-38-87-55)67-58(78)50-34-45(76)36-74(50)59(79)56(62(3,4)5)68-51(77)37-84-31-30-83-29-28-82-27-26-81-24-22-71(9)23-25-85-60-69-54-48(57(70-60)72-18-20-73(21-19-72)61(80)86-63(6,7)8)35-49(64)52(53(54)65)47-33-44(75)32-43-12-10-11-13-46(43)47/h10-17,32-33,35,38-39,45,50,56,75-76H,18-31,34,36-37H2,1-9H3,(H,67,78)(H,68,77)/t39-,45+,50-,56+/m0/s1. The van der Waals surface area contributed by atoms with Gasteiger partial charge in [0.2, 0.25) is 17.7 Å². The van der Waals surface area contributed by atoms with E-state index >= 15 is 4.39 Å². The Morgan fingerprint density at radius 2 is 1.49 bits per heavy atom. The van der Waals surface area contributed by atoms with Gasteiger partial charge in [-0.2, -0.15) is 9.97 Å². The number of aromatic hydroxyl groups is 1. The lowest BCUT2D eigenvalue weighted by Crippen LogP contribution is -2.58. The molecule has 8 rings (SSSR count). The number of aliphatic hydroxyl groups excluding tert-OH is 1. The summed E-state index contributed by atoms with van der Waals surface area (Å²) in [6.07, 6.45) is -1.24. The monoisotopic (exact) mass is 1240 g/mol. The summed E-state index contributed by atoms with van der Waals surface area (Å²) in [7, 11) is 1.92. The number of piperazine rings is 1. The second kappa shape index (κ2) is 29.9. The van der Waals surface area contributed by atoms with E-state index < -0.39 is 52.9 Å². The first-order valence-electron chi connectivity index (χ1n) is 29.3. The molecule has 21 nitrogen and oxygen atoms in total. The van der Waals surface area contributed by atoms with Crippen molar-refractivity contribution < 1.29 is 62.2 Å². The van der Waals surface area contributed by atoms with Crippen LogP contribution in [0.4, 0.5) is 15.0 Å². The number of β-amino-alcohol motifs (C(OH)–C–C–N with tert-alkyl or cyclic N) is 1. The molecule has 0 radical (unpaired) electrons. The van der Waals surface area contributed by atoms with Crippen LogP contribution in [0.25, 0.3) is 43.2 Å². The summed E-state index contributed by atoms with van der Waals surface area (Å²) in [5.41, 5.74) is 3.78. The minimum absolute atomic E-state index is 0.00623. The number of amides is 4. The second-order valence-corrected chi connectivity index (χ2v) is 25.1. The van der Waals surface area contributed by atoms with Crippen LogP contribution in [0.3, 0.4) is 0 Å². The van der Waals surface area contributed by atoms with E-state index in [1.165, 1.54) is 11.0 Å². The zero-order chi connectivity index (χ0) is 62.6. The van der Waals surface area contributed by atoms with Gasteiger partial charge in [-0.1, -0.05) is 80.9 Å². The summed E-state index contributed by atoms with van der Waals surface area (Å²) in [5.74, 6) is -1.69. The van der Waals surface area contributed by atoms with Gasteiger partial charge in [0, 0.05) is 63.2 Å². The van der Waals surface area contributed by atoms with Gasteiger partial charge in [-0.25, -0.2) is 14.2 Å². The molecular weight excluding hydrogens is 1160 g/mol. The summed E-state index contributed by atoms with van der Waals surface area (Å²) >= 11 is 8.49. The van der Waals surface area contributed by atoms with Crippen molar-refractivity contribution in [3.63, 3.8) is 0 Å². The molecule has 87 heavy (non-hydrogen) atoms. The number of hydrogen-bond acceptors (Lipinski definition) is 18. The van der Waals surface area contributed by atoms with Crippen molar-refractivity contribution in [1.82, 2.24) is 40.3 Å². The Kier molecular flexibility index (Phi) is 22.7. The van der Waals surface area contributed by atoms with Gasteiger partial charge >= 0.3 is 12.1 Å². The van der Waals surface area contributed by atoms with Crippen molar-refractivity contribution in [2.24, 2.45) is 5.41 Å². The largest absolute Gasteiger partial charge is 0.508 e. The van der Waals surface area contributed by atoms with Crippen molar-refractivity contribution in [1.29, 1.82) is 0 Å². The van der Waals surface area contributed by atoms with Crippen molar-refractivity contribution in [2.75, 3.05) is 117 Å². The van der Waals surface area contributed by atoms with Gasteiger partial charge in [-0.05, 0) is 92.7 Å². The average molecular weight is 1240 g/mol. The Hall–Kier alpha value is -6.83. The minimum Gasteiger partial charge on any atom is -0.508 e. The number of thiazole rings is 1. The van der Waals surface area contributed by atoms with Gasteiger partial charge in [0.15, 0.2) is 5.82 Å². The molecule has 0 unspecified atom stereocenters. The van der Waals surface area contributed by atoms with Crippen molar-refractivity contribution >= 4 is 74.2 Å². The number of aliphatic hydroxyl groups is 1. The van der Waals surface area contributed by atoms with Gasteiger partial charge in [0.05, 0.1) is 79.5 Å². The maximum absolute atomic E-state index is 17.1. The molecule has 2 saturated heterocycles. The van der Waals surface area contributed by atoms with E-state index in [-0.39, 0.29) is 85.8 Å². The summed E-state index contributed by atoms with van der Waals surface area (Å²) in [6.45, 7) is 19.1. The average Bonchev–Trinajstić information content (AvgIpc) is 1.80. The highest BCUT2D eigenvalue weighted by Crippen LogP contribution is 2.43. The third-order valence-electron chi connectivity index (χ3n) is 14.9. The van der Waals surface area contributed by atoms with Gasteiger partial charge in [-0.15, -0.1) is 11.3 Å². The number of ether oxygens (including phenoxy) is 6. The van der Waals surface area contributed by atoms with Crippen LogP contribution in [0.5, 0.6) is 11.8 Å². The number of fused-ring (bicyclic) bond motifs is 2. The molecule has 4 atom stereocenters. The Morgan fingerprint density at radius 1 is 0.839 bits per heavy atom. The number of halogens is 2. The molecule has 4 aromatic carbocycles. The van der Waals surface area contributed by atoms with Crippen LogP contribution in [-0.4, -0.2) is 200 Å². The molecule has 2 aromatic heterocycles. The quantitative estimate of drug-likeness (QED) is 0.0374. The van der Waals surface area contributed by atoms with Gasteiger partial charge < -0.3 is 68.9 Å². The number of hydrogen-bond donors (Lipinski definition) is 4. The molecule has 4 amide bonds. The Bertz CT molecular complexity index is 3340. The molecule has 2 fully saturated rings. The van der Waals surface area contributed by atoms with Gasteiger partial charge in [-0.3, -0.25) is 14.4 Å². The second-order valence-electron chi connectivity index (χ2n) is 23.9. The van der Waals surface area contributed by atoms with Crippen molar-refractivity contribution in [3.8, 4) is 33.3 Å². The van der Waals surface area contributed by atoms with E-state index in [4.69, 9.17) is 45.0 Å². The third-order valence-corrected chi connectivity index (χ3v) is 16.2. The molecule has 0 spiro atoms. The number of phenols is 1. The molecule has 2 aliphatic heterocycles. The highest BCUT2D eigenvalue weighted by molar-refractivity contribution is 7.13. The molecule has 6 aromatic rings. The maximum atomic E-state index is 17.1. The van der Waals surface area contributed by atoms with Crippen molar-refractivity contribution in [3.05, 3.63) is 94.3 Å². The van der Waals surface area contributed by atoms with Crippen LogP contribution in [0, 0.1) is 18.2 Å². The van der Waals surface area contributed by atoms with Crippen LogP contribution in [0.15, 0.2) is 72.2 Å². The Labute approximate surface area is 516 Å². The number of rotatable bonds is 26. The van der Waals surface area contributed by atoms with Crippen LogP contribution < -0.4 is 20.3 Å². The molecular formula is C63H81ClFN9O12S. The molecule has 470 valence electrons. The summed E-state index contributed by atoms with van der Waals surface area (Å²) < 4.78 is 51.4. The first-order valence-corrected chi connectivity index (χ1v) is 30.6. The van der Waals surface area contributed by atoms with E-state index in [2.05, 4.69) is 20.6 Å². The summed E-state index contributed by atoms with van der Waals surface area (Å²) in [4.78, 5) is 75.5. The molecule has 24 heteroatoms. The predicted octanol–water partition coefficient (Wildman–Crippen LogP) is 8.18. The van der Waals surface area contributed by atoms with Crippen LogP contribution in [0.1, 0.15) is 72.2 Å². The molecule has 2 aliphatic rings. The number of phenolic OH excluding ortho intramolecular Hbond substituents is 1. The maximum Gasteiger partial charge on any atom is 0.410 e. The number of benzene rings is 4. The molecule has 0 aliphatic carbocycles. The summed E-state index contributed by atoms with van der Waals surface area (Å²) in [5, 5.41) is 29.0. The number of likely N-dealkylation sites (tertiary alicyclic amines) is 1. The Morgan fingerprint density at radius 3 is 2.15 bits per heavy atom. The fourth-order valence-electron chi connectivity index (χ4n) is 10.3. The lowest BCUT2D eigenvalue weighted by molar-refractivity contribution is -0.144. The summed E-state index contributed by atoms with van der Waals surface area (Å²) in [6, 6.07) is 17.6.